The highest BCUT2D eigenvalue weighted by Crippen LogP contribution is 2.19. The number of aromatic nitrogens is 2. The fourth-order valence-corrected chi connectivity index (χ4v) is 1.94. The summed E-state index contributed by atoms with van der Waals surface area (Å²) in [5.74, 6) is 1.17. The number of alkyl halides is 1. The molecule has 1 aromatic heterocycles. The number of aryl methyl sites for hydroxylation is 1. The largest absolute Gasteiger partial charge is 0.368 e. The van der Waals surface area contributed by atoms with Gasteiger partial charge in [0.15, 0.2) is 5.82 Å². The van der Waals surface area contributed by atoms with Gasteiger partial charge in [-0.1, -0.05) is 0 Å². The Morgan fingerprint density at radius 3 is 3.06 bits per heavy atom. The molecule has 4 nitrogen and oxygen atoms in total. The summed E-state index contributed by atoms with van der Waals surface area (Å²) in [5, 5.41) is 0. The lowest BCUT2D eigenvalue weighted by molar-refractivity contribution is -0.0256. The minimum Gasteiger partial charge on any atom is -0.368 e. The van der Waals surface area contributed by atoms with Crippen LogP contribution in [0.3, 0.4) is 0 Å². The first-order valence-corrected chi connectivity index (χ1v) is 5.93. The smallest absolute Gasteiger partial charge is 0.158 e. The molecule has 0 N–H and O–H groups in total. The van der Waals surface area contributed by atoms with Crippen molar-refractivity contribution in [3.05, 3.63) is 23.3 Å². The summed E-state index contributed by atoms with van der Waals surface area (Å²) < 4.78 is 5.68. The molecule has 1 atom stereocenters. The highest BCUT2D eigenvalue weighted by molar-refractivity contribution is 6.16. The van der Waals surface area contributed by atoms with E-state index in [1.165, 1.54) is 0 Å². The third-order valence-electron chi connectivity index (χ3n) is 2.62. The molecule has 1 fully saturated rings. The molecule has 0 amide bonds. The zero-order valence-electron chi connectivity index (χ0n) is 9.61. The second-order valence-electron chi connectivity index (χ2n) is 4.11. The quantitative estimate of drug-likeness (QED) is 0.736. The molecule has 16 heavy (non-hydrogen) atoms. The normalized spacial score (nSPS) is 22.3. The minimum absolute atomic E-state index is 0.0272. The van der Waals surface area contributed by atoms with Gasteiger partial charge in [0.2, 0.25) is 0 Å². The predicted octanol–water partition coefficient (Wildman–Crippen LogP) is 1.53. The standard InChI is InChI=1S/C11H16ClN3O/c1-8-5-9(6-12)14-11(13-8)10-7-15(2)3-4-16-10/h5,10H,3-4,6-7H2,1-2H3. The summed E-state index contributed by atoms with van der Waals surface area (Å²) in [7, 11) is 2.08. The van der Waals surface area contributed by atoms with Gasteiger partial charge in [0.05, 0.1) is 18.2 Å². The van der Waals surface area contributed by atoms with Gasteiger partial charge in [0.25, 0.3) is 0 Å². The van der Waals surface area contributed by atoms with Gasteiger partial charge in [0.1, 0.15) is 6.10 Å². The number of halogens is 1. The molecule has 1 aliphatic heterocycles. The van der Waals surface area contributed by atoms with E-state index in [9.17, 15) is 0 Å². The molecule has 88 valence electrons. The average molecular weight is 242 g/mol. The van der Waals surface area contributed by atoms with Gasteiger partial charge < -0.3 is 9.64 Å². The number of rotatable bonds is 2. The lowest BCUT2D eigenvalue weighted by atomic mass is 10.2. The van der Waals surface area contributed by atoms with Crippen molar-refractivity contribution < 1.29 is 4.74 Å². The number of hydrogen-bond donors (Lipinski definition) is 0. The highest BCUT2D eigenvalue weighted by Gasteiger charge is 2.22. The lowest BCUT2D eigenvalue weighted by Crippen LogP contribution is -2.36. The monoisotopic (exact) mass is 241 g/mol. The summed E-state index contributed by atoms with van der Waals surface area (Å²) in [5.41, 5.74) is 1.80. The van der Waals surface area contributed by atoms with Crippen molar-refractivity contribution in [2.45, 2.75) is 18.9 Å². The highest BCUT2D eigenvalue weighted by atomic mass is 35.5. The van der Waals surface area contributed by atoms with Crippen LogP contribution in [0.4, 0.5) is 0 Å². The lowest BCUT2D eigenvalue weighted by Gasteiger charge is -2.29. The van der Waals surface area contributed by atoms with E-state index in [1.54, 1.807) is 0 Å². The summed E-state index contributed by atoms with van der Waals surface area (Å²) in [4.78, 5) is 11.1. The van der Waals surface area contributed by atoms with Crippen LogP contribution >= 0.6 is 11.6 Å². The molecular weight excluding hydrogens is 226 g/mol. The zero-order chi connectivity index (χ0) is 11.5. The summed E-state index contributed by atoms with van der Waals surface area (Å²) in [6, 6.07) is 1.91. The van der Waals surface area contributed by atoms with Gasteiger partial charge in [0, 0.05) is 18.8 Å². The molecule has 2 heterocycles. The van der Waals surface area contributed by atoms with Crippen molar-refractivity contribution in [1.29, 1.82) is 0 Å². The van der Waals surface area contributed by atoms with E-state index in [4.69, 9.17) is 16.3 Å². The Kier molecular flexibility index (Phi) is 3.74. The summed E-state index contributed by atoms with van der Waals surface area (Å²) >= 11 is 5.80. The van der Waals surface area contributed by atoms with Gasteiger partial charge >= 0.3 is 0 Å². The molecule has 0 aromatic carbocycles. The van der Waals surface area contributed by atoms with Gasteiger partial charge in [-0.15, -0.1) is 11.6 Å². The first kappa shape index (κ1) is 11.8. The minimum atomic E-state index is -0.0272. The van der Waals surface area contributed by atoms with Crippen molar-refractivity contribution in [1.82, 2.24) is 14.9 Å². The number of hydrogen-bond acceptors (Lipinski definition) is 4. The van der Waals surface area contributed by atoms with E-state index >= 15 is 0 Å². The van der Waals surface area contributed by atoms with Crippen LogP contribution in [-0.2, 0) is 10.6 Å². The molecular formula is C11H16ClN3O. The van der Waals surface area contributed by atoms with Crippen LogP contribution < -0.4 is 0 Å². The Morgan fingerprint density at radius 1 is 1.56 bits per heavy atom. The van der Waals surface area contributed by atoms with Crippen molar-refractivity contribution >= 4 is 11.6 Å². The van der Waals surface area contributed by atoms with Gasteiger partial charge in [-0.3, -0.25) is 0 Å². The second kappa shape index (κ2) is 5.08. The van der Waals surface area contributed by atoms with Crippen molar-refractivity contribution in [3.63, 3.8) is 0 Å². The Bertz CT molecular complexity index is 372. The topological polar surface area (TPSA) is 38.2 Å². The molecule has 0 radical (unpaired) electrons. The van der Waals surface area contributed by atoms with Crippen LogP contribution in [0.15, 0.2) is 6.07 Å². The molecule has 0 spiro atoms. The SMILES string of the molecule is Cc1cc(CCl)nc(C2CN(C)CCO2)n1. The molecule has 1 unspecified atom stereocenters. The molecule has 1 aliphatic rings. The van der Waals surface area contributed by atoms with Crippen molar-refractivity contribution in [2.24, 2.45) is 0 Å². The average Bonchev–Trinajstić information content (AvgIpc) is 2.28. The van der Waals surface area contributed by atoms with Crippen LogP contribution in [0.25, 0.3) is 0 Å². The Balaban J connectivity index is 2.21. The van der Waals surface area contributed by atoms with E-state index in [2.05, 4.69) is 21.9 Å². The number of likely N-dealkylation sites (N-methyl/N-ethyl adjacent to an activating group) is 1. The third kappa shape index (κ3) is 2.70. The zero-order valence-corrected chi connectivity index (χ0v) is 10.4. The molecule has 2 rings (SSSR count). The fraction of sp³-hybridized carbons (Fsp3) is 0.636. The second-order valence-corrected chi connectivity index (χ2v) is 4.38. The fourth-order valence-electron chi connectivity index (χ4n) is 1.80. The van der Waals surface area contributed by atoms with Crippen LogP contribution in [0.1, 0.15) is 23.3 Å². The van der Waals surface area contributed by atoms with Crippen molar-refractivity contribution in [3.8, 4) is 0 Å². The molecule has 0 saturated carbocycles. The first-order valence-electron chi connectivity index (χ1n) is 5.39. The maximum Gasteiger partial charge on any atom is 0.158 e. The van der Waals surface area contributed by atoms with Crippen molar-refractivity contribution in [2.75, 3.05) is 26.7 Å². The van der Waals surface area contributed by atoms with Crippen LogP contribution in [0.2, 0.25) is 0 Å². The third-order valence-corrected chi connectivity index (χ3v) is 2.89. The van der Waals surface area contributed by atoms with Gasteiger partial charge in [-0.05, 0) is 20.0 Å². The Labute approximate surface area is 101 Å². The maximum atomic E-state index is 5.80. The number of ether oxygens (including phenoxy) is 1. The van der Waals surface area contributed by atoms with E-state index in [1.807, 2.05) is 13.0 Å². The van der Waals surface area contributed by atoms with Crippen LogP contribution in [-0.4, -0.2) is 41.6 Å². The maximum absolute atomic E-state index is 5.80. The summed E-state index contributed by atoms with van der Waals surface area (Å²) in [6.45, 7) is 4.48. The number of morpholine rings is 1. The van der Waals surface area contributed by atoms with Gasteiger partial charge in [-0.25, -0.2) is 9.97 Å². The van der Waals surface area contributed by atoms with E-state index in [0.29, 0.717) is 5.88 Å². The predicted molar refractivity (Wildman–Crippen MR) is 62.5 cm³/mol. The number of nitrogens with zero attached hydrogens (tertiary/aromatic N) is 3. The van der Waals surface area contributed by atoms with Crippen LogP contribution in [0.5, 0.6) is 0 Å². The first-order chi connectivity index (χ1) is 7.69. The Hall–Kier alpha value is -0.710. The molecule has 0 bridgehead atoms. The molecule has 0 aliphatic carbocycles. The van der Waals surface area contributed by atoms with E-state index < -0.39 is 0 Å². The van der Waals surface area contributed by atoms with E-state index in [0.717, 1.165) is 36.9 Å². The summed E-state index contributed by atoms with van der Waals surface area (Å²) in [6.07, 6.45) is -0.0272. The van der Waals surface area contributed by atoms with E-state index in [-0.39, 0.29) is 6.10 Å². The Morgan fingerprint density at radius 2 is 2.38 bits per heavy atom. The molecule has 5 heteroatoms. The van der Waals surface area contributed by atoms with Crippen LogP contribution in [0, 0.1) is 6.92 Å². The van der Waals surface area contributed by atoms with Gasteiger partial charge in [-0.2, -0.15) is 0 Å². The molecule has 1 aromatic rings. The molecule has 1 saturated heterocycles.